The van der Waals surface area contributed by atoms with E-state index in [4.69, 9.17) is 0 Å². The number of H-pyrrole nitrogens is 2. The molecule has 0 bridgehead atoms. The molecule has 224 valence electrons. The summed E-state index contributed by atoms with van der Waals surface area (Å²) < 4.78 is 1.51. The van der Waals surface area contributed by atoms with Gasteiger partial charge in [-0.05, 0) is 61.4 Å². The van der Waals surface area contributed by atoms with E-state index in [2.05, 4.69) is 69.9 Å². The first kappa shape index (κ1) is 30.4. The average Bonchev–Trinajstić information content (AvgIpc) is 3.39. The predicted octanol–water partition coefficient (Wildman–Crippen LogP) is 2.54. The molecule has 3 heterocycles. The highest BCUT2D eigenvalue weighted by molar-refractivity contribution is 5.95. The molecule has 4 N–H and O–H groups in total. The molecule has 1 atom stereocenters. The van der Waals surface area contributed by atoms with Gasteiger partial charge in [0.2, 0.25) is 17.1 Å². The second-order valence-electron chi connectivity index (χ2n) is 11.5. The minimum Gasteiger partial charge on any atom is -1.00 e. The van der Waals surface area contributed by atoms with Gasteiger partial charge in [-0.3, -0.25) is 4.79 Å². The molecule has 0 radical (unpaired) electrons. The maximum absolute atomic E-state index is 12.9. The SMILES string of the molecule is CCCCCC(O)CCC(=O)NC1(c2ccc(-c3[nH+]c4ccn5c(=O)[nH]nc5c4cc3-c3ccccc3)cc2)CCC1.[Cl-]. The number of fused-ring (bicyclic) bond motifs is 3. The maximum Gasteiger partial charge on any atom is 0.347 e. The van der Waals surface area contributed by atoms with Crippen molar-refractivity contribution in [3.63, 3.8) is 0 Å². The number of amides is 1. The zero-order valence-corrected chi connectivity index (χ0v) is 25.2. The molecule has 1 fully saturated rings. The van der Waals surface area contributed by atoms with Gasteiger partial charge >= 0.3 is 5.69 Å². The number of carbonyl (C=O) groups is 1. The lowest BCUT2D eigenvalue weighted by atomic mass is 9.71. The third-order valence-electron chi connectivity index (χ3n) is 8.69. The Bertz CT molecular complexity index is 1760. The van der Waals surface area contributed by atoms with Crippen LogP contribution in [-0.2, 0) is 10.3 Å². The summed E-state index contributed by atoms with van der Waals surface area (Å²) in [6.07, 6.45) is 9.05. The molecule has 0 aliphatic heterocycles. The number of pyridine rings is 2. The van der Waals surface area contributed by atoms with Gasteiger partial charge in [-0.15, -0.1) is 0 Å². The van der Waals surface area contributed by atoms with Crippen LogP contribution in [0, 0.1) is 0 Å². The largest absolute Gasteiger partial charge is 1.00 e. The average molecular weight is 600 g/mol. The fourth-order valence-corrected chi connectivity index (χ4v) is 6.11. The monoisotopic (exact) mass is 599 g/mol. The number of hydrogen-bond donors (Lipinski definition) is 3. The molecule has 2 aromatic carbocycles. The number of nitrogens with zero attached hydrogens (tertiary/aromatic N) is 2. The van der Waals surface area contributed by atoms with Crippen molar-refractivity contribution < 1.29 is 27.3 Å². The Kier molecular flexibility index (Phi) is 9.28. The molecule has 1 saturated carbocycles. The van der Waals surface area contributed by atoms with Crippen molar-refractivity contribution in [1.82, 2.24) is 19.9 Å². The molecule has 1 aliphatic rings. The highest BCUT2D eigenvalue weighted by Gasteiger charge is 2.40. The number of aromatic amines is 2. The fourth-order valence-electron chi connectivity index (χ4n) is 6.11. The van der Waals surface area contributed by atoms with Crippen molar-refractivity contribution in [3.05, 3.63) is 89.0 Å². The van der Waals surface area contributed by atoms with Crippen LogP contribution in [0.15, 0.2) is 77.7 Å². The van der Waals surface area contributed by atoms with E-state index in [1.54, 1.807) is 6.20 Å². The summed E-state index contributed by atoms with van der Waals surface area (Å²) in [5.74, 6) is 0.00586. The van der Waals surface area contributed by atoms with Crippen LogP contribution in [0.25, 0.3) is 38.9 Å². The fraction of sp³-hybridized carbons (Fsp3) is 0.353. The molecule has 0 spiro atoms. The molecular formula is C34H38ClN5O3. The summed E-state index contributed by atoms with van der Waals surface area (Å²) in [5.41, 5.74) is 5.97. The summed E-state index contributed by atoms with van der Waals surface area (Å²) in [5, 5.41) is 21.2. The summed E-state index contributed by atoms with van der Waals surface area (Å²) in [4.78, 5) is 28.7. The van der Waals surface area contributed by atoms with E-state index in [-0.39, 0.29) is 29.5 Å². The number of hydrogen-bond acceptors (Lipinski definition) is 4. The Hall–Kier alpha value is -4.01. The van der Waals surface area contributed by atoms with Crippen LogP contribution in [0.1, 0.15) is 70.3 Å². The number of rotatable bonds is 11. The zero-order valence-electron chi connectivity index (χ0n) is 24.4. The van der Waals surface area contributed by atoms with Crippen molar-refractivity contribution >= 4 is 22.5 Å². The van der Waals surface area contributed by atoms with Crippen molar-refractivity contribution in [1.29, 1.82) is 0 Å². The maximum atomic E-state index is 12.9. The number of aliphatic hydroxyl groups is 1. The summed E-state index contributed by atoms with van der Waals surface area (Å²) in [7, 11) is 0. The first-order chi connectivity index (χ1) is 20.5. The molecule has 1 unspecified atom stereocenters. The number of unbranched alkanes of at least 4 members (excludes halogenated alkanes) is 2. The number of halogens is 1. The minimum atomic E-state index is -0.416. The van der Waals surface area contributed by atoms with Crippen LogP contribution in [-0.4, -0.2) is 31.7 Å². The molecule has 6 rings (SSSR count). The van der Waals surface area contributed by atoms with Crippen LogP contribution in [0.3, 0.4) is 0 Å². The molecule has 0 saturated heterocycles. The van der Waals surface area contributed by atoms with Gasteiger partial charge in [0, 0.05) is 24.2 Å². The van der Waals surface area contributed by atoms with E-state index in [0.29, 0.717) is 18.5 Å². The second-order valence-corrected chi connectivity index (χ2v) is 11.5. The Morgan fingerprint density at radius 1 is 1.07 bits per heavy atom. The van der Waals surface area contributed by atoms with Gasteiger partial charge in [0.15, 0.2) is 5.65 Å². The van der Waals surface area contributed by atoms with E-state index in [1.165, 1.54) is 4.40 Å². The van der Waals surface area contributed by atoms with Crippen molar-refractivity contribution in [2.45, 2.75) is 76.4 Å². The lowest BCUT2D eigenvalue weighted by Gasteiger charge is -2.43. The third-order valence-corrected chi connectivity index (χ3v) is 8.69. The molecule has 9 heteroatoms. The van der Waals surface area contributed by atoms with Gasteiger partial charge in [-0.25, -0.2) is 19.3 Å². The van der Waals surface area contributed by atoms with Crippen LogP contribution in [0.4, 0.5) is 0 Å². The highest BCUT2D eigenvalue weighted by Crippen LogP contribution is 2.42. The Morgan fingerprint density at radius 3 is 2.53 bits per heavy atom. The van der Waals surface area contributed by atoms with Crippen LogP contribution in [0.5, 0.6) is 0 Å². The number of aromatic nitrogens is 4. The van der Waals surface area contributed by atoms with Crippen molar-refractivity contribution in [3.8, 4) is 22.4 Å². The van der Waals surface area contributed by atoms with Crippen LogP contribution < -0.4 is 28.4 Å². The topological polar surface area (TPSA) is 114 Å². The quantitative estimate of drug-likeness (QED) is 0.203. The van der Waals surface area contributed by atoms with Crippen LogP contribution >= 0.6 is 0 Å². The lowest BCUT2D eigenvalue weighted by Crippen LogP contribution is -3.00. The molecule has 3 aromatic heterocycles. The van der Waals surface area contributed by atoms with Gasteiger partial charge in [-0.1, -0.05) is 68.7 Å². The molecule has 8 nitrogen and oxygen atoms in total. The van der Waals surface area contributed by atoms with E-state index in [1.807, 2.05) is 24.3 Å². The first-order valence-corrected chi connectivity index (χ1v) is 15.1. The number of nitrogens with one attached hydrogen (secondary N) is 3. The summed E-state index contributed by atoms with van der Waals surface area (Å²) >= 11 is 0. The minimum absolute atomic E-state index is 0. The number of aliphatic hydroxyl groups excluding tert-OH is 1. The second kappa shape index (κ2) is 13.1. The number of carbonyl (C=O) groups excluding carboxylic acids is 1. The van der Waals surface area contributed by atoms with Gasteiger partial charge in [0.05, 0.1) is 22.6 Å². The van der Waals surface area contributed by atoms with E-state index < -0.39 is 6.10 Å². The molecule has 43 heavy (non-hydrogen) atoms. The van der Waals surface area contributed by atoms with Gasteiger partial charge in [-0.2, -0.15) is 5.10 Å². The Morgan fingerprint density at radius 2 is 1.84 bits per heavy atom. The molecule has 1 aliphatic carbocycles. The number of benzene rings is 2. The highest BCUT2D eigenvalue weighted by atomic mass is 35.5. The smallest absolute Gasteiger partial charge is 0.347 e. The molecule has 5 aromatic rings. The molecule has 1 amide bonds. The third kappa shape index (κ3) is 6.21. The van der Waals surface area contributed by atoms with Gasteiger partial charge < -0.3 is 22.8 Å². The lowest BCUT2D eigenvalue weighted by molar-refractivity contribution is -0.330. The van der Waals surface area contributed by atoms with E-state index in [0.717, 1.165) is 83.8 Å². The van der Waals surface area contributed by atoms with E-state index in [9.17, 15) is 14.7 Å². The summed E-state index contributed by atoms with van der Waals surface area (Å²) in [6, 6.07) is 22.6. The zero-order chi connectivity index (χ0) is 29.1. The Balaban J connectivity index is 0.00000368. The van der Waals surface area contributed by atoms with Crippen molar-refractivity contribution in [2.75, 3.05) is 0 Å². The van der Waals surface area contributed by atoms with Gasteiger partial charge in [0.25, 0.3) is 0 Å². The normalized spacial score (nSPS) is 14.7. The summed E-state index contributed by atoms with van der Waals surface area (Å²) in [6.45, 7) is 2.15. The first-order valence-electron chi connectivity index (χ1n) is 15.1. The Labute approximate surface area is 257 Å². The van der Waals surface area contributed by atoms with Crippen molar-refractivity contribution in [2.24, 2.45) is 0 Å². The van der Waals surface area contributed by atoms with Crippen LogP contribution in [0.2, 0.25) is 0 Å². The predicted molar refractivity (Wildman–Crippen MR) is 164 cm³/mol. The molecular weight excluding hydrogens is 562 g/mol. The standard InChI is InChI=1S/C34H37N5O3.ClH/c1-2-3-5-11-26(40)16-17-30(41)36-34(19-8-20-34)25-14-12-24(13-15-25)31-27(23-9-6-4-7-10-23)22-28-29(35-31)18-21-39-32(28)37-38-33(39)42;/h4,6-7,9-10,12-15,18,21-22,26,40H,2-3,5,8,11,16-17,19-20H2,1H3,(H,36,41)(H,38,42);1H. The van der Waals surface area contributed by atoms with E-state index >= 15 is 0 Å². The van der Waals surface area contributed by atoms with Gasteiger partial charge in [0.1, 0.15) is 0 Å².